The minimum absolute atomic E-state index is 0.0427. The maximum absolute atomic E-state index is 12.6. The second kappa shape index (κ2) is 12.6. The summed E-state index contributed by atoms with van der Waals surface area (Å²) in [5.41, 5.74) is 1.47. The largest absolute Gasteiger partial charge is 0.493 e. The smallest absolute Gasteiger partial charge is 0.251 e. The standard InChI is InChI=1S/C26H33N3O5/c1-32-22-18-21(19-23(33-2)25(22)34-3)26(31)27-12-7-13-28-14-16-29(17-15-28)24(30)11-10-20-8-5-4-6-9-20/h4-6,8-11,18-19H,7,12-17H2,1-3H3,(H,27,31)/b11-10+. The van der Waals surface area contributed by atoms with Crippen LogP contribution in [0, 0.1) is 0 Å². The minimum Gasteiger partial charge on any atom is -0.493 e. The number of piperazine rings is 1. The predicted molar refractivity (Wildman–Crippen MR) is 132 cm³/mol. The van der Waals surface area contributed by atoms with Gasteiger partial charge >= 0.3 is 0 Å². The number of carbonyl (C=O) groups excluding carboxylic acids is 2. The van der Waals surface area contributed by atoms with E-state index in [1.807, 2.05) is 41.3 Å². The molecule has 182 valence electrons. The van der Waals surface area contributed by atoms with Crippen LogP contribution in [0.1, 0.15) is 22.3 Å². The highest BCUT2D eigenvalue weighted by molar-refractivity contribution is 5.95. The number of nitrogens with one attached hydrogen (secondary N) is 1. The topological polar surface area (TPSA) is 80.3 Å². The van der Waals surface area contributed by atoms with Crippen LogP contribution in [0.2, 0.25) is 0 Å². The summed E-state index contributed by atoms with van der Waals surface area (Å²) >= 11 is 0. The Hall–Kier alpha value is -3.52. The summed E-state index contributed by atoms with van der Waals surface area (Å²) in [5.74, 6) is 1.19. The number of carbonyl (C=O) groups is 2. The number of benzene rings is 2. The number of hydrogen-bond donors (Lipinski definition) is 1. The molecule has 0 aliphatic carbocycles. The van der Waals surface area contributed by atoms with Crippen molar-refractivity contribution in [1.29, 1.82) is 0 Å². The van der Waals surface area contributed by atoms with Crippen molar-refractivity contribution in [2.75, 3.05) is 60.6 Å². The number of rotatable bonds is 10. The van der Waals surface area contributed by atoms with Crippen LogP contribution in [0.4, 0.5) is 0 Å². The summed E-state index contributed by atoms with van der Waals surface area (Å²) in [6.45, 7) is 4.47. The molecular weight excluding hydrogens is 434 g/mol. The highest BCUT2D eigenvalue weighted by Crippen LogP contribution is 2.38. The van der Waals surface area contributed by atoms with Crippen LogP contribution in [0.15, 0.2) is 48.5 Å². The first kappa shape index (κ1) is 25.1. The summed E-state index contributed by atoms with van der Waals surface area (Å²) in [7, 11) is 4.56. The van der Waals surface area contributed by atoms with Gasteiger partial charge in [-0.15, -0.1) is 0 Å². The Balaban J connectivity index is 1.39. The average Bonchev–Trinajstić information content (AvgIpc) is 2.89. The molecule has 0 aromatic heterocycles. The fraction of sp³-hybridized carbons (Fsp3) is 0.385. The lowest BCUT2D eigenvalue weighted by Crippen LogP contribution is -2.48. The molecule has 0 radical (unpaired) electrons. The Morgan fingerprint density at radius 1 is 0.941 bits per heavy atom. The Morgan fingerprint density at radius 2 is 1.59 bits per heavy atom. The van der Waals surface area contributed by atoms with Crippen LogP contribution < -0.4 is 19.5 Å². The molecular formula is C26H33N3O5. The van der Waals surface area contributed by atoms with Crippen molar-refractivity contribution in [3.05, 3.63) is 59.7 Å². The first-order valence-electron chi connectivity index (χ1n) is 11.4. The van der Waals surface area contributed by atoms with Gasteiger partial charge in [-0.1, -0.05) is 30.3 Å². The van der Waals surface area contributed by atoms with Gasteiger partial charge < -0.3 is 24.4 Å². The van der Waals surface area contributed by atoms with Gasteiger partial charge in [-0.3, -0.25) is 14.5 Å². The lowest BCUT2D eigenvalue weighted by Gasteiger charge is -2.34. The van der Waals surface area contributed by atoms with E-state index in [0.29, 0.717) is 42.4 Å². The van der Waals surface area contributed by atoms with Crippen LogP contribution in [0.3, 0.4) is 0 Å². The number of hydrogen-bond acceptors (Lipinski definition) is 6. The molecule has 1 N–H and O–H groups in total. The van der Waals surface area contributed by atoms with Crippen molar-refractivity contribution >= 4 is 17.9 Å². The Labute approximate surface area is 201 Å². The summed E-state index contributed by atoms with van der Waals surface area (Å²) in [5, 5.41) is 2.95. The van der Waals surface area contributed by atoms with E-state index in [1.54, 1.807) is 18.2 Å². The Bertz CT molecular complexity index is 960. The highest BCUT2D eigenvalue weighted by atomic mass is 16.5. The van der Waals surface area contributed by atoms with Gasteiger partial charge in [0.25, 0.3) is 5.91 Å². The molecule has 8 nitrogen and oxygen atoms in total. The third-order valence-corrected chi connectivity index (χ3v) is 5.77. The second-order valence-electron chi connectivity index (χ2n) is 7.93. The molecule has 0 bridgehead atoms. The quantitative estimate of drug-likeness (QED) is 0.428. The van der Waals surface area contributed by atoms with Crippen molar-refractivity contribution < 1.29 is 23.8 Å². The predicted octanol–water partition coefficient (Wildman–Crippen LogP) is 2.69. The van der Waals surface area contributed by atoms with Gasteiger partial charge in [-0.25, -0.2) is 0 Å². The lowest BCUT2D eigenvalue weighted by molar-refractivity contribution is -0.127. The lowest BCUT2D eigenvalue weighted by atomic mass is 10.1. The molecule has 1 heterocycles. The van der Waals surface area contributed by atoms with Crippen molar-refractivity contribution in [1.82, 2.24) is 15.1 Å². The van der Waals surface area contributed by atoms with E-state index in [-0.39, 0.29) is 11.8 Å². The van der Waals surface area contributed by atoms with Gasteiger partial charge in [0.15, 0.2) is 11.5 Å². The van der Waals surface area contributed by atoms with Crippen molar-refractivity contribution in [2.45, 2.75) is 6.42 Å². The summed E-state index contributed by atoms with van der Waals surface area (Å²) in [4.78, 5) is 29.2. The van der Waals surface area contributed by atoms with Crippen molar-refractivity contribution in [3.8, 4) is 17.2 Å². The zero-order valence-electron chi connectivity index (χ0n) is 20.1. The number of methoxy groups -OCH3 is 3. The summed E-state index contributed by atoms with van der Waals surface area (Å²) < 4.78 is 15.9. The van der Waals surface area contributed by atoms with E-state index in [4.69, 9.17) is 14.2 Å². The molecule has 0 unspecified atom stereocenters. The van der Waals surface area contributed by atoms with Crippen molar-refractivity contribution in [2.24, 2.45) is 0 Å². The number of ether oxygens (including phenoxy) is 3. The normalized spacial score (nSPS) is 14.1. The van der Waals surface area contributed by atoms with Gasteiger partial charge in [0.2, 0.25) is 11.7 Å². The molecule has 1 saturated heterocycles. The van der Waals surface area contributed by atoms with Crippen LogP contribution in [-0.4, -0.2) is 82.2 Å². The Morgan fingerprint density at radius 3 is 2.18 bits per heavy atom. The molecule has 1 aliphatic rings. The van der Waals surface area contributed by atoms with Gasteiger partial charge in [0.05, 0.1) is 21.3 Å². The van der Waals surface area contributed by atoms with E-state index in [9.17, 15) is 9.59 Å². The molecule has 2 amide bonds. The maximum atomic E-state index is 12.6. The van der Waals surface area contributed by atoms with Crippen LogP contribution in [-0.2, 0) is 4.79 Å². The molecule has 8 heteroatoms. The molecule has 0 atom stereocenters. The van der Waals surface area contributed by atoms with Crippen LogP contribution in [0.25, 0.3) is 6.08 Å². The first-order valence-corrected chi connectivity index (χ1v) is 11.4. The fourth-order valence-electron chi connectivity index (χ4n) is 3.85. The molecule has 1 aliphatic heterocycles. The van der Waals surface area contributed by atoms with Gasteiger partial charge in [-0.05, 0) is 36.7 Å². The van der Waals surface area contributed by atoms with E-state index in [2.05, 4.69) is 10.2 Å². The average molecular weight is 468 g/mol. The molecule has 2 aromatic rings. The van der Waals surface area contributed by atoms with Crippen LogP contribution >= 0.6 is 0 Å². The monoisotopic (exact) mass is 467 g/mol. The second-order valence-corrected chi connectivity index (χ2v) is 7.93. The van der Waals surface area contributed by atoms with Gasteiger partial charge in [0, 0.05) is 44.4 Å². The number of nitrogens with zero attached hydrogens (tertiary/aromatic N) is 2. The first-order chi connectivity index (χ1) is 16.5. The third-order valence-electron chi connectivity index (χ3n) is 5.77. The minimum atomic E-state index is -0.195. The molecule has 0 saturated carbocycles. The zero-order chi connectivity index (χ0) is 24.3. The molecule has 3 rings (SSSR count). The maximum Gasteiger partial charge on any atom is 0.251 e. The number of amides is 2. The van der Waals surface area contributed by atoms with E-state index in [1.165, 1.54) is 21.3 Å². The SMILES string of the molecule is COc1cc(C(=O)NCCCN2CCN(C(=O)/C=C/c3ccccc3)CC2)cc(OC)c1OC. The molecule has 2 aromatic carbocycles. The van der Waals surface area contributed by atoms with Crippen molar-refractivity contribution in [3.63, 3.8) is 0 Å². The summed E-state index contributed by atoms with van der Waals surface area (Å²) in [6, 6.07) is 13.1. The van der Waals surface area contributed by atoms with Gasteiger partial charge in [0.1, 0.15) is 0 Å². The fourth-order valence-corrected chi connectivity index (χ4v) is 3.85. The zero-order valence-corrected chi connectivity index (χ0v) is 20.1. The van der Waals surface area contributed by atoms with E-state index >= 15 is 0 Å². The summed E-state index contributed by atoms with van der Waals surface area (Å²) in [6.07, 6.45) is 4.31. The molecule has 34 heavy (non-hydrogen) atoms. The molecule has 0 spiro atoms. The van der Waals surface area contributed by atoms with E-state index in [0.717, 1.165) is 31.6 Å². The van der Waals surface area contributed by atoms with E-state index < -0.39 is 0 Å². The highest BCUT2D eigenvalue weighted by Gasteiger charge is 2.20. The Kier molecular flexibility index (Phi) is 9.34. The van der Waals surface area contributed by atoms with Crippen LogP contribution in [0.5, 0.6) is 17.2 Å². The third kappa shape index (κ3) is 6.74. The van der Waals surface area contributed by atoms with Gasteiger partial charge in [-0.2, -0.15) is 0 Å². The molecule has 1 fully saturated rings.